The summed E-state index contributed by atoms with van der Waals surface area (Å²) in [5.41, 5.74) is 4.31. The van der Waals surface area contributed by atoms with Gasteiger partial charge >= 0.3 is 11.9 Å². The minimum atomic E-state index is -0.460. The molecular formula is C35H46O6. The molecule has 1 N–H and O–H groups in total. The first-order valence-corrected chi connectivity index (χ1v) is 14.9. The van der Waals surface area contributed by atoms with Crippen LogP contribution in [0.3, 0.4) is 0 Å². The third-order valence-corrected chi connectivity index (χ3v) is 7.76. The molecule has 2 aromatic rings. The van der Waals surface area contributed by atoms with E-state index in [9.17, 15) is 14.7 Å². The van der Waals surface area contributed by atoms with Crippen LogP contribution in [0.5, 0.6) is 11.5 Å². The zero-order valence-electron chi connectivity index (χ0n) is 25.0. The van der Waals surface area contributed by atoms with E-state index in [1.54, 1.807) is 13.8 Å². The molecule has 1 saturated carbocycles. The summed E-state index contributed by atoms with van der Waals surface area (Å²) in [7, 11) is 0. The lowest BCUT2D eigenvalue weighted by Crippen LogP contribution is -2.14. The number of rotatable bonds is 15. The van der Waals surface area contributed by atoms with Crippen molar-refractivity contribution >= 4 is 11.9 Å². The van der Waals surface area contributed by atoms with Crippen molar-refractivity contribution in [3.63, 3.8) is 0 Å². The van der Waals surface area contributed by atoms with Crippen molar-refractivity contribution in [3.8, 4) is 22.6 Å². The van der Waals surface area contributed by atoms with E-state index in [2.05, 4.69) is 26.1 Å². The maximum atomic E-state index is 12.6. The number of aliphatic hydroxyl groups is 1. The Kier molecular flexibility index (Phi) is 12.7. The molecule has 1 fully saturated rings. The first kappa shape index (κ1) is 32.1. The molecule has 0 heterocycles. The molecule has 0 saturated heterocycles. The summed E-state index contributed by atoms with van der Waals surface area (Å²) in [6, 6.07) is 11.9. The normalized spacial score (nSPS) is 16.6. The number of benzene rings is 2. The number of carbonyl (C=O) groups excluding carboxylic acids is 2. The first-order chi connectivity index (χ1) is 19.7. The fourth-order valence-corrected chi connectivity index (χ4v) is 5.39. The van der Waals surface area contributed by atoms with Gasteiger partial charge in [0.05, 0.1) is 13.2 Å². The molecule has 222 valence electrons. The average molecular weight is 563 g/mol. The van der Waals surface area contributed by atoms with Crippen LogP contribution in [-0.2, 0) is 20.7 Å². The zero-order valence-corrected chi connectivity index (χ0v) is 25.0. The van der Waals surface area contributed by atoms with Crippen molar-refractivity contribution in [1.82, 2.24) is 0 Å². The van der Waals surface area contributed by atoms with E-state index in [1.807, 2.05) is 30.3 Å². The van der Waals surface area contributed by atoms with Crippen molar-refractivity contribution in [2.45, 2.75) is 84.5 Å². The number of esters is 2. The molecule has 0 aromatic heterocycles. The third-order valence-electron chi connectivity index (χ3n) is 7.76. The first-order valence-electron chi connectivity index (χ1n) is 14.9. The quantitative estimate of drug-likeness (QED) is 0.104. The van der Waals surface area contributed by atoms with Crippen LogP contribution in [-0.4, -0.2) is 36.9 Å². The van der Waals surface area contributed by atoms with Gasteiger partial charge in [-0.3, -0.25) is 0 Å². The van der Waals surface area contributed by atoms with E-state index < -0.39 is 11.9 Å². The SMILES string of the molecule is C=C(C)C(=O)OCCc1cc(-c2ccc(C3CCC(CCCCC)CC3)cc2OC(=O)C(=C)C)ccc1OCCO. The molecular weight excluding hydrogens is 516 g/mol. The Balaban J connectivity index is 1.87. The van der Waals surface area contributed by atoms with Crippen LogP contribution in [0.2, 0.25) is 0 Å². The van der Waals surface area contributed by atoms with Crippen LogP contribution in [0.15, 0.2) is 60.7 Å². The van der Waals surface area contributed by atoms with Crippen molar-refractivity contribution in [1.29, 1.82) is 0 Å². The van der Waals surface area contributed by atoms with Crippen LogP contribution < -0.4 is 9.47 Å². The van der Waals surface area contributed by atoms with Crippen LogP contribution >= 0.6 is 0 Å². The minimum Gasteiger partial charge on any atom is -0.491 e. The molecule has 1 aliphatic rings. The molecule has 3 rings (SSSR count). The lowest BCUT2D eigenvalue weighted by molar-refractivity contribution is -0.138. The van der Waals surface area contributed by atoms with Crippen molar-refractivity contribution < 1.29 is 28.9 Å². The molecule has 6 nitrogen and oxygen atoms in total. The van der Waals surface area contributed by atoms with Gasteiger partial charge in [-0.1, -0.05) is 64.0 Å². The van der Waals surface area contributed by atoms with Crippen molar-refractivity contribution in [2.75, 3.05) is 19.8 Å². The highest BCUT2D eigenvalue weighted by Crippen LogP contribution is 2.41. The third kappa shape index (κ3) is 9.60. The Morgan fingerprint density at radius 1 is 0.902 bits per heavy atom. The second kappa shape index (κ2) is 16.2. The van der Waals surface area contributed by atoms with Gasteiger partial charge in [0.15, 0.2) is 0 Å². The molecule has 0 radical (unpaired) electrons. The van der Waals surface area contributed by atoms with Gasteiger partial charge in [0.1, 0.15) is 18.1 Å². The predicted octanol–water partition coefficient (Wildman–Crippen LogP) is 7.72. The standard InChI is InChI=1S/C35H46O6/c1-6-7-8-9-26-10-12-27(13-11-26)28-14-16-31(33(23-28)41-35(38)25(4)5)29-15-17-32(39-21-19-36)30(22-29)18-20-40-34(37)24(2)3/h14-17,22-23,26-27,36H,2,4,6-13,18-21H2,1,3,5H3. The molecule has 0 atom stereocenters. The van der Waals surface area contributed by atoms with E-state index in [1.165, 1.54) is 44.1 Å². The summed E-state index contributed by atoms with van der Waals surface area (Å²) in [4.78, 5) is 24.5. The predicted molar refractivity (Wildman–Crippen MR) is 163 cm³/mol. The molecule has 2 aromatic carbocycles. The zero-order chi connectivity index (χ0) is 29.8. The summed E-state index contributed by atoms with van der Waals surface area (Å²) in [5.74, 6) is 1.46. The highest BCUT2D eigenvalue weighted by molar-refractivity contribution is 5.90. The topological polar surface area (TPSA) is 82.1 Å². The maximum absolute atomic E-state index is 12.6. The molecule has 0 bridgehead atoms. The van der Waals surface area contributed by atoms with Gasteiger partial charge in [-0.25, -0.2) is 9.59 Å². The highest BCUT2D eigenvalue weighted by Gasteiger charge is 2.24. The Labute approximate surface area is 245 Å². The molecule has 0 spiro atoms. The van der Waals surface area contributed by atoms with Gasteiger partial charge in [-0.05, 0) is 86.3 Å². The summed E-state index contributed by atoms with van der Waals surface area (Å²) >= 11 is 0. The number of hydrogen-bond donors (Lipinski definition) is 1. The molecule has 0 aliphatic heterocycles. The van der Waals surface area contributed by atoms with E-state index >= 15 is 0 Å². The number of unbranched alkanes of at least 4 members (excludes halogenated alkanes) is 2. The average Bonchev–Trinajstić information content (AvgIpc) is 2.96. The van der Waals surface area contributed by atoms with Crippen molar-refractivity contribution in [2.24, 2.45) is 5.92 Å². The lowest BCUT2D eigenvalue weighted by Gasteiger charge is -2.29. The van der Waals surface area contributed by atoms with Gasteiger partial charge in [0.2, 0.25) is 0 Å². The number of carbonyl (C=O) groups is 2. The van der Waals surface area contributed by atoms with Gasteiger partial charge in [0, 0.05) is 23.1 Å². The Morgan fingerprint density at radius 2 is 1.63 bits per heavy atom. The van der Waals surface area contributed by atoms with Gasteiger partial charge in [-0.15, -0.1) is 0 Å². The second-order valence-electron chi connectivity index (χ2n) is 11.2. The summed E-state index contributed by atoms with van der Waals surface area (Å²) in [5, 5.41) is 9.26. The van der Waals surface area contributed by atoms with Crippen LogP contribution in [0.4, 0.5) is 0 Å². The minimum absolute atomic E-state index is 0.116. The molecule has 0 amide bonds. The van der Waals surface area contributed by atoms with E-state index in [-0.39, 0.29) is 19.8 Å². The van der Waals surface area contributed by atoms with Crippen LogP contribution in [0.1, 0.15) is 89.2 Å². The largest absolute Gasteiger partial charge is 0.491 e. The smallest absolute Gasteiger partial charge is 0.338 e. The van der Waals surface area contributed by atoms with E-state index in [4.69, 9.17) is 14.2 Å². The molecule has 41 heavy (non-hydrogen) atoms. The number of aliphatic hydroxyl groups excluding tert-OH is 1. The Bertz CT molecular complexity index is 1210. The maximum Gasteiger partial charge on any atom is 0.338 e. The molecule has 1 aliphatic carbocycles. The number of ether oxygens (including phenoxy) is 3. The van der Waals surface area contributed by atoms with Gasteiger partial charge in [0.25, 0.3) is 0 Å². The summed E-state index contributed by atoms with van der Waals surface area (Å²) in [6.45, 7) is 13.1. The van der Waals surface area contributed by atoms with E-state index in [0.29, 0.717) is 35.0 Å². The van der Waals surface area contributed by atoms with Crippen molar-refractivity contribution in [3.05, 3.63) is 71.8 Å². The monoisotopic (exact) mass is 562 g/mol. The second-order valence-corrected chi connectivity index (χ2v) is 11.2. The summed E-state index contributed by atoms with van der Waals surface area (Å²) in [6.07, 6.45) is 10.4. The van der Waals surface area contributed by atoms with E-state index in [0.717, 1.165) is 35.4 Å². The van der Waals surface area contributed by atoms with Gasteiger partial charge in [-0.2, -0.15) is 0 Å². The van der Waals surface area contributed by atoms with Crippen LogP contribution in [0.25, 0.3) is 11.1 Å². The molecule has 0 unspecified atom stereocenters. The highest BCUT2D eigenvalue weighted by atomic mass is 16.5. The fraction of sp³-hybridized carbons (Fsp3) is 0.486. The lowest BCUT2D eigenvalue weighted by atomic mass is 9.77. The molecule has 6 heteroatoms. The summed E-state index contributed by atoms with van der Waals surface area (Å²) < 4.78 is 16.9. The van der Waals surface area contributed by atoms with Gasteiger partial charge < -0.3 is 19.3 Å². The Hall–Kier alpha value is -3.38. The fourth-order valence-electron chi connectivity index (χ4n) is 5.39. The van der Waals surface area contributed by atoms with Crippen LogP contribution in [0, 0.1) is 5.92 Å². The number of hydrogen-bond acceptors (Lipinski definition) is 6. The Morgan fingerprint density at radius 3 is 2.29 bits per heavy atom.